The Kier molecular flexibility index (Phi) is 81.7. The van der Waals surface area contributed by atoms with Crippen LogP contribution in [0.2, 0.25) is 0 Å². The predicted molar refractivity (Wildman–Crippen MR) is 460 cm³/mol. The second kappa shape index (κ2) is 83.1. The fourth-order valence-corrected chi connectivity index (χ4v) is 16.0. The molecule has 0 amide bonds. The van der Waals surface area contributed by atoms with Crippen LogP contribution in [-0.4, -0.2) is 96.7 Å². The Labute approximate surface area is 683 Å². The summed E-state index contributed by atoms with van der Waals surface area (Å²) in [7, 11) is -9.93. The summed E-state index contributed by atoms with van der Waals surface area (Å²) in [5, 5.41) is 10.7. The minimum absolute atomic E-state index is 0.108. The predicted octanol–water partition coefficient (Wildman–Crippen LogP) is 28.6. The van der Waals surface area contributed by atoms with Gasteiger partial charge in [0.25, 0.3) is 0 Å². The van der Waals surface area contributed by atoms with Gasteiger partial charge >= 0.3 is 39.5 Å². The molecule has 0 bridgehead atoms. The average Bonchev–Trinajstić information content (AvgIpc) is 0.902. The summed E-state index contributed by atoms with van der Waals surface area (Å²) in [6, 6.07) is 0. The molecule has 660 valence electrons. The van der Waals surface area contributed by atoms with Crippen molar-refractivity contribution in [2.45, 2.75) is 516 Å². The molecule has 7 atom stereocenters. The van der Waals surface area contributed by atoms with Gasteiger partial charge in [0.1, 0.15) is 19.3 Å². The minimum atomic E-state index is -4.97. The van der Waals surface area contributed by atoms with Gasteiger partial charge in [-0.2, -0.15) is 0 Å². The lowest BCUT2D eigenvalue weighted by molar-refractivity contribution is -0.161. The van der Waals surface area contributed by atoms with E-state index >= 15 is 0 Å². The Bertz CT molecular complexity index is 2120. The summed E-state index contributed by atoms with van der Waals surface area (Å²) in [5.74, 6) is -0.380. The quantitative estimate of drug-likeness (QED) is 0.0222. The van der Waals surface area contributed by atoms with Crippen molar-refractivity contribution in [3.8, 4) is 0 Å². The maximum atomic E-state index is 13.2. The van der Waals surface area contributed by atoms with Crippen LogP contribution in [0.15, 0.2) is 0 Å². The van der Waals surface area contributed by atoms with Crippen LogP contribution < -0.4 is 0 Å². The van der Waals surface area contributed by atoms with Gasteiger partial charge in [-0.25, -0.2) is 9.13 Å². The molecule has 0 aromatic rings. The molecule has 111 heavy (non-hydrogen) atoms. The Balaban J connectivity index is 5.19. The van der Waals surface area contributed by atoms with Crippen LogP contribution in [0.25, 0.3) is 0 Å². The van der Waals surface area contributed by atoms with E-state index in [1.165, 1.54) is 315 Å². The summed E-state index contributed by atoms with van der Waals surface area (Å²) >= 11 is 0. The summed E-state index contributed by atoms with van der Waals surface area (Å²) < 4.78 is 69.0. The zero-order chi connectivity index (χ0) is 81.3. The van der Waals surface area contributed by atoms with Crippen molar-refractivity contribution in [3.63, 3.8) is 0 Å². The first-order chi connectivity index (χ1) is 53.9. The molecule has 0 rings (SSSR count). The molecule has 0 aromatic carbocycles. The number of carbonyl (C=O) groups excluding carboxylic acids is 4. The highest BCUT2D eigenvalue weighted by atomic mass is 31.2. The maximum Gasteiger partial charge on any atom is 0.472 e. The van der Waals surface area contributed by atoms with Gasteiger partial charge < -0.3 is 33.8 Å². The van der Waals surface area contributed by atoms with Crippen molar-refractivity contribution in [1.29, 1.82) is 0 Å². The van der Waals surface area contributed by atoms with Gasteiger partial charge in [-0.1, -0.05) is 446 Å². The highest BCUT2D eigenvalue weighted by Gasteiger charge is 2.31. The molecule has 3 N–H and O–H groups in total. The molecule has 0 radical (unpaired) electrons. The number of aliphatic hydroxyl groups excluding tert-OH is 1. The van der Waals surface area contributed by atoms with Crippen molar-refractivity contribution in [2.75, 3.05) is 39.6 Å². The van der Waals surface area contributed by atoms with Crippen LogP contribution in [0.4, 0.5) is 0 Å². The lowest BCUT2D eigenvalue weighted by Gasteiger charge is -2.21. The minimum Gasteiger partial charge on any atom is -0.462 e. The molecule has 0 saturated carbocycles. The molecular weight excluding hydrogens is 1440 g/mol. The van der Waals surface area contributed by atoms with Crippen LogP contribution in [0.1, 0.15) is 497 Å². The van der Waals surface area contributed by atoms with Gasteiger partial charge in [-0.05, 0) is 37.5 Å². The van der Waals surface area contributed by atoms with Crippen molar-refractivity contribution < 1.29 is 80.2 Å². The summed E-state index contributed by atoms with van der Waals surface area (Å²) in [4.78, 5) is 73.4. The first-order valence-corrected chi connectivity index (χ1v) is 50.6. The van der Waals surface area contributed by atoms with Crippen molar-refractivity contribution in [2.24, 2.45) is 11.8 Å². The number of aliphatic hydroxyl groups is 1. The zero-order valence-corrected chi connectivity index (χ0v) is 75.1. The monoisotopic (exact) mass is 1620 g/mol. The number of hydrogen-bond donors (Lipinski definition) is 3. The first kappa shape index (κ1) is 109. The first-order valence-electron chi connectivity index (χ1n) is 47.6. The Morgan fingerprint density at radius 2 is 0.432 bits per heavy atom. The fourth-order valence-electron chi connectivity index (χ4n) is 14.4. The lowest BCUT2D eigenvalue weighted by Crippen LogP contribution is -2.30. The van der Waals surface area contributed by atoms with Crippen LogP contribution in [0, 0.1) is 11.8 Å². The van der Waals surface area contributed by atoms with E-state index in [-0.39, 0.29) is 25.7 Å². The van der Waals surface area contributed by atoms with E-state index in [0.717, 1.165) is 102 Å². The Morgan fingerprint density at radius 1 is 0.252 bits per heavy atom. The van der Waals surface area contributed by atoms with Crippen LogP contribution in [-0.2, 0) is 65.4 Å². The van der Waals surface area contributed by atoms with Crippen LogP contribution >= 0.6 is 15.6 Å². The smallest absolute Gasteiger partial charge is 0.462 e. The maximum absolute atomic E-state index is 13.2. The Morgan fingerprint density at radius 3 is 0.640 bits per heavy atom. The number of unbranched alkanes of at least 4 members (excludes halogenated alkanes) is 59. The van der Waals surface area contributed by atoms with Gasteiger partial charge in [-0.3, -0.25) is 37.3 Å². The largest absolute Gasteiger partial charge is 0.472 e. The molecule has 0 spiro atoms. The summed E-state index contributed by atoms with van der Waals surface area (Å²) in [6.07, 6.45) is 77.9. The number of phosphoric acid groups is 2. The molecule has 0 saturated heterocycles. The summed E-state index contributed by atoms with van der Waals surface area (Å²) in [6.45, 7) is 9.81. The van der Waals surface area contributed by atoms with Crippen molar-refractivity contribution >= 4 is 39.5 Å². The molecule has 4 unspecified atom stereocenters. The van der Waals surface area contributed by atoms with Gasteiger partial charge in [-0.15, -0.1) is 0 Å². The number of hydrogen-bond acceptors (Lipinski definition) is 15. The van der Waals surface area contributed by atoms with Crippen molar-refractivity contribution in [1.82, 2.24) is 0 Å². The molecule has 0 aromatic heterocycles. The SMILES string of the molecule is CCCCCCCCCCCCCCCCCCCCCCCCC(=O)OC[C@H](COP(=O)(O)OC[C@@H](O)COP(=O)(O)OC[C@@H](COC(=O)CCCCCCCCCCC)OC(=O)CCCCCCCCCCCCCCCCC(C)CC)OC(=O)CCCCCCCCCCCCCCCCCCCCC(C)CC. The molecule has 17 nitrogen and oxygen atoms in total. The van der Waals surface area contributed by atoms with Gasteiger partial charge in [0.15, 0.2) is 12.2 Å². The second-order valence-corrected chi connectivity index (χ2v) is 36.4. The third-order valence-corrected chi connectivity index (χ3v) is 24.3. The number of ether oxygens (including phenoxy) is 4. The molecule has 0 aliphatic rings. The average molecular weight is 1620 g/mol. The van der Waals surface area contributed by atoms with Gasteiger partial charge in [0.2, 0.25) is 0 Å². The molecule has 0 fully saturated rings. The van der Waals surface area contributed by atoms with E-state index in [0.29, 0.717) is 25.7 Å². The van der Waals surface area contributed by atoms with E-state index < -0.39 is 97.5 Å². The third kappa shape index (κ3) is 82.9. The van der Waals surface area contributed by atoms with Crippen LogP contribution in [0.5, 0.6) is 0 Å². The van der Waals surface area contributed by atoms with Gasteiger partial charge in [0.05, 0.1) is 26.4 Å². The molecule has 0 aliphatic heterocycles. The Hall–Kier alpha value is -1.94. The van der Waals surface area contributed by atoms with Gasteiger partial charge in [0, 0.05) is 25.7 Å². The molecule has 0 aliphatic carbocycles. The second-order valence-electron chi connectivity index (χ2n) is 33.5. The number of phosphoric ester groups is 2. The normalized spacial score (nSPS) is 14.2. The number of esters is 4. The number of carbonyl (C=O) groups is 4. The van der Waals surface area contributed by atoms with Crippen molar-refractivity contribution in [3.05, 3.63) is 0 Å². The van der Waals surface area contributed by atoms with E-state index in [9.17, 15) is 43.2 Å². The topological polar surface area (TPSA) is 237 Å². The fraction of sp³-hybridized carbons (Fsp3) is 0.957. The molecule has 19 heteroatoms. The van der Waals surface area contributed by atoms with E-state index in [1.807, 2.05) is 0 Å². The lowest BCUT2D eigenvalue weighted by atomic mass is 9.99. The van der Waals surface area contributed by atoms with Crippen LogP contribution in [0.3, 0.4) is 0 Å². The zero-order valence-electron chi connectivity index (χ0n) is 73.3. The molecular formula is C92H180O17P2. The highest BCUT2D eigenvalue weighted by molar-refractivity contribution is 7.47. The standard InChI is InChI=1S/C92H180O17P2/c1-7-11-13-15-17-19-20-21-22-23-24-25-26-27-31-34-40-45-51-57-63-69-75-90(95)103-81-88(109-92(97)76-70-64-58-52-46-41-35-32-29-28-30-33-38-43-49-54-60-66-72-84(5)9-3)83-107-111(100,101)105-79-86(93)78-104-110(98,99)106-82-87(80-102-89(94)74-68-62-56-48-18-16-14-12-8-2)108-91(96)77-71-65-59-53-47-42-37-36-39-44-50-55-61-67-73-85(6)10-4/h84-88,93H,7-83H2,1-6H3,(H,98,99)(H,100,101)/t84?,85?,86-,87+,88+/m0/s1. The third-order valence-electron chi connectivity index (χ3n) is 22.4. The highest BCUT2D eigenvalue weighted by Crippen LogP contribution is 2.45. The van der Waals surface area contributed by atoms with E-state index in [1.54, 1.807) is 0 Å². The number of rotatable bonds is 91. The molecule has 0 heterocycles. The summed E-state index contributed by atoms with van der Waals surface area (Å²) in [5.41, 5.74) is 0. The van der Waals surface area contributed by atoms with E-state index in [2.05, 4.69) is 41.5 Å². The van der Waals surface area contributed by atoms with E-state index in [4.69, 9.17) is 37.0 Å².